The number of nitrogens with one attached hydrogen (secondary N) is 1. The van der Waals surface area contributed by atoms with E-state index in [0.717, 1.165) is 0 Å². The molecule has 0 radical (unpaired) electrons. The molecule has 0 aliphatic rings. The van der Waals surface area contributed by atoms with Gasteiger partial charge in [-0.05, 0) is 18.1 Å². The largest absolute Gasteiger partial charge is 0.322 e. The summed E-state index contributed by atoms with van der Waals surface area (Å²) in [5.41, 5.74) is 6.38. The lowest BCUT2D eigenvalue weighted by Crippen LogP contribution is -2.39. The van der Waals surface area contributed by atoms with Gasteiger partial charge >= 0.3 is 0 Å². The van der Waals surface area contributed by atoms with Crippen LogP contribution in [0.3, 0.4) is 0 Å². The van der Waals surface area contributed by atoms with Gasteiger partial charge < -0.3 is 11.1 Å². The summed E-state index contributed by atoms with van der Waals surface area (Å²) in [7, 11) is 0. The molecular formula is C13H17N5O. The molecule has 19 heavy (non-hydrogen) atoms. The quantitative estimate of drug-likeness (QED) is 0.863. The van der Waals surface area contributed by atoms with Gasteiger partial charge in [-0.25, -0.2) is 9.67 Å². The number of carbonyl (C=O) groups is 1. The molecule has 0 bridgehead atoms. The van der Waals surface area contributed by atoms with Gasteiger partial charge in [0.05, 0.1) is 24.1 Å². The fraction of sp³-hybridized carbons (Fsp3) is 0.308. The molecule has 0 unspecified atom stereocenters. The van der Waals surface area contributed by atoms with E-state index < -0.39 is 6.04 Å². The minimum Gasteiger partial charge on any atom is -0.322 e. The van der Waals surface area contributed by atoms with Gasteiger partial charge in [-0.15, -0.1) is 0 Å². The SMILES string of the molecule is CC(C)[C@@H](N)C(=O)Nc1cnn(-c2ccccn2)c1. The Balaban J connectivity index is 2.08. The summed E-state index contributed by atoms with van der Waals surface area (Å²) in [5.74, 6) is 0.567. The number of rotatable bonds is 4. The third-order valence-electron chi connectivity index (χ3n) is 2.76. The third-order valence-corrected chi connectivity index (χ3v) is 2.76. The Morgan fingerprint density at radius 1 is 1.42 bits per heavy atom. The summed E-state index contributed by atoms with van der Waals surface area (Å²) in [6, 6.07) is 5.01. The van der Waals surface area contributed by atoms with Gasteiger partial charge in [-0.1, -0.05) is 19.9 Å². The van der Waals surface area contributed by atoms with Gasteiger partial charge in [-0.2, -0.15) is 5.10 Å². The average Bonchev–Trinajstić information content (AvgIpc) is 2.87. The maximum Gasteiger partial charge on any atom is 0.241 e. The van der Waals surface area contributed by atoms with Crippen LogP contribution in [0.4, 0.5) is 5.69 Å². The second-order valence-electron chi connectivity index (χ2n) is 4.62. The van der Waals surface area contributed by atoms with Crippen LogP contribution in [0.15, 0.2) is 36.8 Å². The highest BCUT2D eigenvalue weighted by Gasteiger charge is 2.17. The van der Waals surface area contributed by atoms with Crippen molar-refractivity contribution < 1.29 is 4.79 Å². The molecule has 0 saturated heterocycles. The van der Waals surface area contributed by atoms with E-state index in [9.17, 15) is 4.79 Å². The molecule has 0 aliphatic heterocycles. The normalized spacial score (nSPS) is 12.4. The zero-order valence-electron chi connectivity index (χ0n) is 10.9. The summed E-state index contributed by atoms with van der Waals surface area (Å²) in [5, 5.41) is 6.88. The van der Waals surface area contributed by atoms with E-state index in [1.807, 2.05) is 32.0 Å². The fourth-order valence-electron chi connectivity index (χ4n) is 1.53. The number of carbonyl (C=O) groups excluding carboxylic acids is 1. The molecule has 0 spiro atoms. The summed E-state index contributed by atoms with van der Waals surface area (Å²) in [6.07, 6.45) is 4.96. The van der Waals surface area contributed by atoms with Gasteiger partial charge in [0, 0.05) is 6.20 Å². The molecule has 0 aromatic carbocycles. The van der Waals surface area contributed by atoms with E-state index in [1.165, 1.54) is 0 Å². The lowest BCUT2D eigenvalue weighted by atomic mass is 10.1. The number of nitrogens with zero attached hydrogens (tertiary/aromatic N) is 3. The molecule has 100 valence electrons. The molecule has 0 saturated carbocycles. The number of pyridine rings is 1. The molecule has 1 amide bonds. The van der Waals surface area contributed by atoms with Crippen LogP contribution in [0.25, 0.3) is 5.82 Å². The number of aromatic nitrogens is 3. The Morgan fingerprint density at radius 3 is 2.84 bits per heavy atom. The van der Waals surface area contributed by atoms with Gasteiger partial charge in [0.15, 0.2) is 5.82 Å². The monoisotopic (exact) mass is 259 g/mol. The molecule has 2 aromatic heterocycles. The van der Waals surface area contributed by atoms with Gasteiger partial charge in [0.1, 0.15) is 0 Å². The first kappa shape index (κ1) is 13.2. The fourth-order valence-corrected chi connectivity index (χ4v) is 1.53. The first-order valence-electron chi connectivity index (χ1n) is 6.10. The number of hydrogen-bond donors (Lipinski definition) is 2. The van der Waals surface area contributed by atoms with E-state index >= 15 is 0 Å². The summed E-state index contributed by atoms with van der Waals surface area (Å²) < 4.78 is 1.59. The Hall–Kier alpha value is -2.21. The van der Waals surface area contributed by atoms with Crippen LogP contribution in [-0.2, 0) is 4.79 Å². The van der Waals surface area contributed by atoms with Crippen molar-refractivity contribution in [3.63, 3.8) is 0 Å². The minimum atomic E-state index is -0.529. The van der Waals surface area contributed by atoms with E-state index in [1.54, 1.807) is 23.3 Å². The third kappa shape index (κ3) is 3.17. The Bertz CT molecular complexity index is 549. The van der Waals surface area contributed by atoms with Crippen LogP contribution in [-0.4, -0.2) is 26.7 Å². The maximum atomic E-state index is 11.8. The van der Waals surface area contributed by atoms with Crippen molar-refractivity contribution in [2.75, 3.05) is 5.32 Å². The van der Waals surface area contributed by atoms with Crippen LogP contribution < -0.4 is 11.1 Å². The standard InChI is InChI=1S/C13H17N5O/c1-9(2)12(14)13(19)17-10-7-16-18(8-10)11-5-3-4-6-15-11/h3-9,12H,14H2,1-2H3,(H,17,19)/t12-/m1/s1. The van der Waals surface area contributed by atoms with Crippen LogP contribution in [0.1, 0.15) is 13.8 Å². The van der Waals surface area contributed by atoms with Crippen molar-refractivity contribution >= 4 is 11.6 Å². The molecule has 6 heteroatoms. The molecule has 6 nitrogen and oxygen atoms in total. The Labute approximate surface area is 111 Å². The highest BCUT2D eigenvalue weighted by atomic mass is 16.2. The smallest absolute Gasteiger partial charge is 0.241 e. The molecular weight excluding hydrogens is 242 g/mol. The van der Waals surface area contributed by atoms with Crippen molar-refractivity contribution in [1.82, 2.24) is 14.8 Å². The highest BCUT2D eigenvalue weighted by Crippen LogP contribution is 2.10. The van der Waals surface area contributed by atoms with Crippen LogP contribution in [0, 0.1) is 5.92 Å². The molecule has 0 aliphatic carbocycles. The van der Waals surface area contributed by atoms with Crippen LogP contribution in [0.2, 0.25) is 0 Å². The van der Waals surface area contributed by atoms with E-state index in [4.69, 9.17) is 5.73 Å². The van der Waals surface area contributed by atoms with Crippen LogP contribution in [0.5, 0.6) is 0 Å². The number of nitrogens with two attached hydrogens (primary N) is 1. The lowest BCUT2D eigenvalue weighted by Gasteiger charge is -2.14. The summed E-state index contributed by atoms with van der Waals surface area (Å²) in [4.78, 5) is 16.0. The van der Waals surface area contributed by atoms with Crippen molar-refractivity contribution in [3.05, 3.63) is 36.8 Å². The van der Waals surface area contributed by atoms with Gasteiger partial charge in [0.2, 0.25) is 5.91 Å². The molecule has 1 atom stereocenters. The maximum absolute atomic E-state index is 11.8. The van der Waals surface area contributed by atoms with Crippen molar-refractivity contribution in [2.45, 2.75) is 19.9 Å². The Morgan fingerprint density at radius 2 is 2.21 bits per heavy atom. The predicted octanol–water partition coefficient (Wildman–Crippen LogP) is 1.19. The lowest BCUT2D eigenvalue weighted by molar-refractivity contribution is -0.118. The second kappa shape index (κ2) is 5.62. The molecule has 2 rings (SSSR count). The topological polar surface area (TPSA) is 85.8 Å². The van der Waals surface area contributed by atoms with Crippen molar-refractivity contribution in [2.24, 2.45) is 11.7 Å². The molecule has 2 heterocycles. The molecule has 0 fully saturated rings. The zero-order valence-corrected chi connectivity index (χ0v) is 10.9. The molecule has 3 N–H and O–H groups in total. The summed E-state index contributed by atoms with van der Waals surface area (Å²) >= 11 is 0. The highest BCUT2D eigenvalue weighted by molar-refractivity contribution is 5.94. The van der Waals surface area contributed by atoms with Gasteiger partial charge in [-0.3, -0.25) is 4.79 Å². The van der Waals surface area contributed by atoms with Crippen molar-refractivity contribution in [1.29, 1.82) is 0 Å². The van der Waals surface area contributed by atoms with Gasteiger partial charge in [0.25, 0.3) is 0 Å². The number of anilines is 1. The van der Waals surface area contributed by atoms with E-state index in [2.05, 4.69) is 15.4 Å². The molecule has 2 aromatic rings. The van der Waals surface area contributed by atoms with Crippen LogP contribution >= 0.6 is 0 Å². The first-order chi connectivity index (χ1) is 9.08. The zero-order chi connectivity index (χ0) is 13.8. The average molecular weight is 259 g/mol. The van der Waals surface area contributed by atoms with E-state index in [-0.39, 0.29) is 11.8 Å². The Kier molecular flexibility index (Phi) is 3.91. The predicted molar refractivity (Wildman–Crippen MR) is 72.8 cm³/mol. The van der Waals surface area contributed by atoms with E-state index in [0.29, 0.717) is 11.5 Å². The summed E-state index contributed by atoms with van der Waals surface area (Å²) in [6.45, 7) is 3.81. The van der Waals surface area contributed by atoms with Crippen molar-refractivity contribution in [3.8, 4) is 5.82 Å². The second-order valence-corrected chi connectivity index (χ2v) is 4.62. The number of amides is 1. The first-order valence-corrected chi connectivity index (χ1v) is 6.10. The number of hydrogen-bond acceptors (Lipinski definition) is 4. The minimum absolute atomic E-state index is 0.0887.